The molecule has 3 rings (SSSR count). The van der Waals surface area contributed by atoms with Crippen molar-refractivity contribution in [1.29, 1.82) is 0 Å². The second-order valence-electron chi connectivity index (χ2n) is 6.86. The molecule has 1 heterocycles. The van der Waals surface area contributed by atoms with Crippen LogP contribution in [-0.2, 0) is 9.59 Å². The molecule has 0 N–H and O–H groups in total. The van der Waals surface area contributed by atoms with E-state index in [2.05, 4.69) is 0 Å². The van der Waals surface area contributed by atoms with Crippen molar-refractivity contribution in [3.63, 3.8) is 0 Å². The van der Waals surface area contributed by atoms with E-state index < -0.39 is 0 Å². The highest BCUT2D eigenvalue weighted by molar-refractivity contribution is 5.80. The fraction of sp³-hybridized carbons (Fsp3) is 0.600. The van der Waals surface area contributed by atoms with Crippen LogP contribution >= 0.6 is 0 Å². The zero-order valence-electron chi connectivity index (χ0n) is 15.5. The van der Waals surface area contributed by atoms with Gasteiger partial charge in [0.2, 0.25) is 5.91 Å². The van der Waals surface area contributed by atoms with Gasteiger partial charge in [-0.3, -0.25) is 9.59 Å². The Morgan fingerprint density at radius 3 is 2.15 bits per heavy atom. The fourth-order valence-corrected chi connectivity index (χ4v) is 3.68. The Kier molecular flexibility index (Phi) is 6.36. The van der Waals surface area contributed by atoms with Crippen LogP contribution in [0.2, 0.25) is 0 Å². The standard InChI is InChI=1S/C20H28N2O4/c1-2-25-17-9-5-6-10-18(17)26-15-19(23)21-11-13-22(14-12-21)20(24)16-7-3-4-8-16/h5-6,9-10,16H,2-4,7-8,11-15H2,1H3. The maximum atomic E-state index is 12.5. The first-order valence-corrected chi connectivity index (χ1v) is 9.60. The Morgan fingerprint density at radius 2 is 1.54 bits per heavy atom. The lowest BCUT2D eigenvalue weighted by molar-refractivity contribution is -0.142. The van der Waals surface area contributed by atoms with Crippen molar-refractivity contribution in [3.05, 3.63) is 24.3 Å². The Morgan fingerprint density at radius 1 is 0.962 bits per heavy atom. The van der Waals surface area contributed by atoms with Gasteiger partial charge in [0.1, 0.15) is 0 Å². The first-order chi connectivity index (χ1) is 12.7. The van der Waals surface area contributed by atoms with Crippen LogP contribution in [-0.4, -0.2) is 61.0 Å². The first-order valence-electron chi connectivity index (χ1n) is 9.60. The van der Waals surface area contributed by atoms with Crippen molar-refractivity contribution in [1.82, 2.24) is 9.80 Å². The summed E-state index contributed by atoms with van der Waals surface area (Å²) >= 11 is 0. The lowest BCUT2D eigenvalue weighted by atomic mass is 10.1. The van der Waals surface area contributed by atoms with Gasteiger partial charge in [-0.15, -0.1) is 0 Å². The zero-order valence-corrected chi connectivity index (χ0v) is 15.5. The SMILES string of the molecule is CCOc1ccccc1OCC(=O)N1CCN(C(=O)C2CCCC2)CC1. The molecule has 1 aromatic rings. The summed E-state index contributed by atoms with van der Waals surface area (Å²) in [6.45, 7) is 4.84. The van der Waals surface area contributed by atoms with Gasteiger partial charge >= 0.3 is 0 Å². The molecule has 26 heavy (non-hydrogen) atoms. The highest BCUT2D eigenvalue weighted by Gasteiger charge is 2.30. The number of hydrogen-bond donors (Lipinski definition) is 0. The molecule has 0 unspecified atom stereocenters. The maximum absolute atomic E-state index is 12.5. The molecule has 0 atom stereocenters. The molecular formula is C20H28N2O4. The van der Waals surface area contributed by atoms with Gasteiger partial charge in [-0.05, 0) is 31.9 Å². The van der Waals surface area contributed by atoms with Crippen molar-refractivity contribution in [2.24, 2.45) is 5.92 Å². The third-order valence-corrected chi connectivity index (χ3v) is 5.15. The van der Waals surface area contributed by atoms with Crippen molar-refractivity contribution in [2.75, 3.05) is 39.4 Å². The molecule has 0 spiro atoms. The van der Waals surface area contributed by atoms with E-state index in [9.17, 15) is 9.59 Å². The Bertz CT molecular complexity index is 620. The number of hydrogen-bond acceptors (Lipinski definition) is 4. The molecule has 1 aromatic carbocycles. The van der Waals surface area contributed by atoms with Crippen LogP contribution in [0.25, 0.3) is 0 Å². The van der Waals surface area contributed by atoms with Gasteiger partial charge in [0, 0.05) is 32.1 Å². The monoisotopic (exact) mass is 360 g/mol. The fourth-order valence-electron chi connectivity index (χ4n) is 3.68. The number of amides is 2. The normalized spacial score (nSPS) is 18.0. The van der Waals surface area contributed by atoms with Crippen molar-refractivity contribution in [3.8, 4) is 11.5 Å². The van der Waals surface area contributed by atoms with Crippen LogP contribution in [0.3, 0.4) is 0 Å². The minimum atomic E-state index is -0.0516. The summed E-state index contributed by atoms with van der Waals surface area (Å²) in [6, 6.07) is 7.36. The van der Waals surface area contributed by atoms with Gasteiger partial charge in [0.25, 0.3) is 5.91 Å². The molecule has 2 fully saturated rings. The molecule has 0 aromatic heterocycles. The number of ether oxygens (including phenoxy) is 2. The number of carbonyl (C=O) groups excluding carboxylic acids is 2. The second kappa shape index (κ2) is 8.92. The number of piperazine rings is 1. The molecule has 1 saturated heterocycles. The lowest BCUT2D eigenvalue weighted by Crippen LogP contribution is -2.52. The smallest absolute Gasteiger partial charge is 0.260 e. The molecule has 0 bridgehead atoms. The van der Waals surface area contributed by atoms with Crippen LogP contribution in [0.4, 0.5) is 0 Å². The van der Waals surface area contributed by atoms with Crippen LogP contribution in [0.1, 0.15) is 32.6 Å². The Labute approximate surface area is 155 Å². The predicted molar refractivity (Wildman–Crippen MR) is 98.2 cm³/mol. The molecular weight excluding hydrogens is 332 g/mol. The van der Waals surface area contributed by atoms with Crippen LogP contribution < -0.4 is 9.47 Å². The summed E-state index contributed by atoms with van der Waals surface area (Å²) in [4.78, 5) is 28.6. The molecule has 6 nitrogen and oxygen atoms in total. The molecule has 1 saturated carbocycles. The minimum Gasteiger partial charge on any atom is -0.490 e. The summed E-state index contributed by atoms with van der Waals surface area (Å²) in [5, 5.41) is 0. The maximum Gasteiger partial charge on any atom is 0.260 e. The van der Waals surface area contributed by atoms with E-state index in [0.29, 0.717) is 44.3 Å². The lowest BCUT2D eigenvalue weighted by Gasteiger charge is -2.36. The molecule has 2 amide bonds. The van der Waals surface area contributed by atoms with Crippen molar-refractivity contribution < 1.29 is 19.1 Å². The van der Waals surface area contributed by atoms with Crippen LogP contribution in [0.15, 0.2) is 24.3 Å². The Hall–Kier alpha value is -2.24. The quantitative estimate of drug-likeness (QED) is 0.781. The third-order valence-electron chi connectivity index (χ3n) is 5.15. The summed E-state index contributed by atoms with van der Waals surface area (Å²) in [5.74, 6) is 1.66. The van der Waals surface area contributed by atoms with Gasteiger partial charge in [-0.2, -0.15) is 0 Å². The van der Waals surface area contributed by atoms with E-state index in [4.69, 9.17) is 9.47 Å². The van der Waals surface area contributed by atoms with Gasteiger partial charge < -0.3 is 19.3 Å². The number of para-hydroxylation sites is 2. The molecule has 142 valence electrons. The molecule has 6 heteroatoms. The van der Waals surface area contributed by atoms with E-state index in [1.807, 2.05) is 30.0 Å². The zero-order chi connectivity index (χ0) is 18.4. The molecule has 0 radical (unpaired) electrons. The molecule has 1 aliphatic carbocycles. The van der Waals surface area contributed by atoms with E-state index in [0.717, 1.165) is 25.7 Å². The summed E-state index contributed by atoms with van der Waals surface area (Å²) in [7, 11) is 0. The van der Waals surface area contributed by atoms with E-state index in [-0.39, 0.29) is 24.3 Å². The van der Waals surface area contributed by atoms with Crippen LogP contribution in [0, 0.1) is 5.92 Å². The highest BCUT2D eigenvalue weighted by Crippen LogP contribution is 2.27. The second-order valence-corrected chi connectivity index (χ2v) is 6.86. The van der Waals surface area contributed by atoms with Gasteiger partial charge in [0.05, 0.1) is 6.61 Å². The largest absolute Gasteiger partial charge is 0.490 e. The van der Waals surface area contributed by atoms with Gasteiger partial charge in [0.15, 0.2) is 18.1 Å². The average Bonchev–Trinajstić information content (AvgIpc) is 3.21. The van der Waals surface area contributed by atoms with Gasteiger partial charge in [-0.25, -0.2) is 0 Å². The van der Waals surface area contributed by atoms with Crippen LogP contribution in [0.5, 0.6) is 11.5 Å². The van der Waals surface area contributed by atoms with Crippen molar-refractivity contribution in [2.45, 2.75) is 32.6 Å². The number of nitrogens with zero attached hydrogens (tertiary/aromatic N) is 2. The molecule has 1 aliphatic heterocycles. The highest BCUT2D eigenvalue weighted by atomic mass is 16.5. The number of carbonyl (C=O) groups is 2. The summed E-state index contributed by atoms with van der Waals surface area (Å²) in [6.07, 6.45) is 4.36. The third kappa shape index (κ3) is 4.48. The Balaban J connectivity index is 1.46. The van der Waals surface area contributed by atoms with E-state index >= 15 is 0 Å². The number of rotatable bonds is 6. The van der Waals surface area contributed by atoms with E-state index in [1.165, 1.54) is 0 Å². The summed E-state index contributed by atoms with van der Waals surface area (Å²) < 4.78 is 11.2. The topological polar surface area (TPSA) is 59.1 Å². The molecule has 2 aliphatic rings. The minimum absolute atomic E-state index is 0.0132. The predicted octanol–water partition coefficient (Wildman–Crippen LogP) is 2.33. The van der Waals surface area contributed by atoms with Crippen molar-refractivity contribution >= 4 is 11.8 Å². The average molecular weight is 360 g/mol. The summed E-state index contributed by atoms with van der Waals surface area (Å²) in [5.41, 5.74) is 0. The first kappa shape index (κ1) is 18.5. The van der Waals surface area contributed by atoms with E-state index in [1.54, 1.807) is 11.0 Å². The number of benzene rings is 1. The van der Waals surface area contributed by atoms with Gasteiger partial charge in [-0.1, -0.05) is 25.0 Å².